The lowest BCUT2D eigenvalue weighted by Crippen LogP contribution is -2.21. The van der Waals surface area contributed by atoms with Gasteiger partial charge < -0.3 is 10.1 Å². The molecule has 1 fully saturated rings. The molecule has 1 aromatic heterocycles. The zero-order valence-corrected chi connectivity index (χ0v) is 12.5. The number of hydrogen-bond donors (Lipinski definition) is 1. The molecule has 1 aliphatic carbocycles. The molecule has 5 heteroatoms. The van der Waals surface area contributed by atoms with Gasteiger partial charge in [0.15, 0.2) is 0 Å². The molecule has 1 N–H and O–H groups in total. The van der Waals surface area contributed by atoms with E-state index >= 15 is 0 Å². The van der Waals surface area contributed by atoms with E-state index < -0.39 is 0 Å². The summed E-state index contributed by atoms with van der Waals surface area (Å²) in [6.45, 7) is 3.87. The normalized spacial score (nSPS) is 15.7. The van der Waals surface area contributed by atoms with Crippen molar-refractivity contribution >= 4 is 5.97 Å². The van der Waals surface area contributed by atoms with Gasteiger partial charge in [-0.2, -0.15) is 5.10 Å². The third kappa shape index (κ3) is 3.82. The van der Waals surface area contributed by atoms with Crippen molar-refractivity contribution in [1.29, 1.82) is 0 Å². The SMILES string of the molecule is CCOC(=O)c1cnn(C)c1CNCCC1CCCC1. The van der Waals surface area contributed by atoms with Crippen LogP contribution < -0.4 is 5.32 Å². The molecule has 20 heavy (non-hydrogen) atoms. The molecule has 0 amide bonds. The zero-order chi connectivity index (χ0) is 14.4. The lowest BCUT2D eigenvalue weighted by Gasteiger charge is -2.11. The summed E-state index contributed by atoms with van der Waals surface area (Å²) in [7, 11) is 1.86. The molecule has 0 atom stereocenters. The van der Waals surface area contributed by atoms with Crippen molar-refractivity contribution in [3.8, 4) is 0 Å². The monoisotopic (exact) mass is 279 g/mol. The Morgan fingerprint density at radius 1 is 1.50 bits per heavy atom. The average molecular weight is 279 g/mol. The van der Waals surface area contributed by atoms with Crippen molar-refractivity contribution in [3.05, 3.63) is 17.5 Å². The van der Waals surface area contributed by atoms with Gasteiger partial charge in [-0.3, -0.25) is 4.68 Å². The lowest BCUT2D eigenvalue weighted by atomic mass is 10.0. The smallest absolute Gasteiger partial charge is 0.341 e. The molecular formula is C15H25N3O2. The van der Waals surface area contributed by atoms with Gasteiger partial charge >= 0.3 is 5.97 Å². The van der Waals surface area contributed by atoms with E-state index in [9.17, 15) is 4.79 Å². The minimum absolute atomic E-state index is 0.284. The lowest BCUT2D eigenvalue weighted by molar-refractivity contribution is 0.0524. The summed E-state index contributed by atoms with van der Waals surface area (Å²) in [6, 6.07) is 0. The van der Waals surface area contributed by atoms with Crippen molar-refractivity contribution in [1.82, 2.24) is 15.1 Å². The first kappa shape index (κ1) is 15.0. The van der Waals surface area contributed by atoms with Crippen molar-refractivity contribution in [2.45, 2.75) is 45.6 Å². The van der Waals surface area contributed by atoms with E-state index in [4.69, 9.17) is 4.74 Å². The van der Waals surface area contributed by atoms with E-state index in [-0.39, 0.29) is 5.97 Å². The fourth-order valence-corrected chi connectivity index (χ4v) is 2.86. The van der Waals surface area contributed by atoms with Gasteiger partial charge in [-0.25, -0.2) is 4.79 Å². The highest BCUT2D eigenvalue weighted by molar-refractivity contribution is 5.90. The second-order valence-corrected chi connectivity index (χ2v) is 5.46. The highest BCUT2D eigenvalue weighted by Crippen LogP contribution is 2.26. The van der Waals surface area contributed by atoms with Gasteiger partial charge in [-0.1, -0.05) is 25.7 Å². The van der Waals surface area contributed by atoms with Crippen LogP contribution in [0.5, 0.6) is 0 Å². The van der Waals surface area contributed by atoms with Crippen LogP contribution in [0.2, 0.25) is 0 Å². The van der Waals surface area contributed by atoms with Gasteiger partial charge in [0.1, 0.15) is 5.56 Å². The van der Waals surface area contributed by atoms with Crippen LogP contribution in [0.1, 0.15) is 55.1 Å². The number of aromatic nitrogens is 2. The van der Waals surface area contributed by atoms with Crippen LogP contribution in [0, 0.1) is 5.92 Å². The van der Waals surface area contributed by atoms with E-state index in [1.807, 2.05) is 14.0 Å². The van der Waals surface area contributed by atoms with Gasteiger partial charge in [0.05, 0.1) is 18.5 Å². The molecule has 0 aliphatic heterocycles. The number of rotatable bonds is 7. The molecule has 1 saturated carbocycles. The third-order valence-corrected chi connectivity index (χ3v) is 4.05. The van der Waals surface area contributed by atoms with Crippen molar-refractivity contribution < 1.29 is 9.53 Å². The van der Waals surface area contributed by atoms with Gasteiger partial charge in [-0.05, 0) is 25.8 Å². The maximum Gasteiger partial charge on any atom is 0.341 e. The highest BCUT2D eigenvalue weighted by Gasteiger charge is 2.17. The van der Waals surface area contributed by atoms with Crippen LogP contribution >= 0.6 is 0 Å². The molecule has 1 heterocycles. The summed E-state index contributed by atoms with van der Waals surface area (Å²) >= 11 is 0. The molecule has 0 aromatic carbocycles. The van der Waals surface area contributed by atoms with Crippen LogP contribution in [-0.2, 0) is 18.3 Å². The first-order valence-electron chi connectivity index (χ1n) is 7.61. The highest BCUT2D eigenvalue weighted by atomic mass is 16.5. The fourth-order valence-electron chi connectivity index (χ4n) is 2.86. The summed E-state index contributed by atoms with van der Waals surface area (Å²) in [6.07, 6.45) is 8.35. The Bertz CT molecular complexity index is 436. The summed E-state index contributed by atoms with van der Waals surface area (Å²) in [5.41, 5.74) is 1.47. The van der Waals surface area contributed by atoms with E-state index in [1.54, 1.807) is 10.9 Å². The van der Waals surface area contributed by atoms with Crippen LogP contribution in [0.25, 0.3) is 0 Å². The number of nitrogens with zero attached hydrogens (tertiary/aromatic N) is 2. The molecule has 0 saturated heterocycles. The number of carbonyl (C=O) groups is 1. The average Bonchev–Trinajstić information content (AvgIpc) is 3.05. The second-order valence-electron chi connectivity index (χ2n) is 5.46. The van der Waals surface area contributed by atoms with Gasteiger partial charge in [-0.15, -0.1) is 0 Å². The van der Waals surface area contributed by atoms with Crippen LogP contribution in [0.15, 0.2) is 6.20 Å². The van der Waals surface area contributed by atoms with Crippen LogP contribution in [-0.4, -0.2) is 28.9 Å². The molecule has 2 rings (SSSR count). The van der Waals surface area contributed by atoms with Crippen molar-refractivity contribution in [3.63, 3.8) is 0 Å². The Kier molecular flexibility index (Phi) is 5.59. The first-order valence-corrected chi connectivity index (χ1v) is 7.61. The van der Waals surface area contributed by atoms with Crippen LogP contribution in [0.3, 0.4) is 0 Å². The summed E-state index contributed by atoms with van der Waals surface area (Å²) in [4.78, 5) is 11.8. The first-order chi connectivity index (χ1) is 9.72. The number of nitrogens with one attached hydrogen (secondary N) is 1. The molecule has 0 bridgehead atoms. The van der Waals surface area contributed by atoms with Crippen molar-refractivity contribution in [2.24, 2.45) is 13.0 Å². The van der Waals surface area contributed by atoms with E-state index in [0.717, 1.165) is 18.2 Å². The fraction of sp³-hybridized carbons (Fsp3) is 0.733. The standard InChI is InChI=1S/C15H25N3O2/c1-3-20-15(19)13-10-17-18(2)14(13)11-16-9-8-12-6-4-5-7-12/h10,12,16H,3-9,11H2,1-2H3. The Balaban J connectivity index is 1.82. The zero-order valence-electron chi connectivity index (χ0n) is 12.5. The predicted octanol–water partition coefficient (Wildman–Crippen LogP) is 2.27. The van der Waals surface area contributed by atoms with E-state index in [2.05, 4.69) is 10.4 Å². The Morgan fingerprint density at radius 3 is 2.95 bits per heavy atom. The van der Waals surface area contributed by atoms with Gasteiger partial charge in [0.2, 0.25) is 0 Å². The minimum atomic E-state index is -0.284. The summed E-state index contributed by atoms with van der Waals surface area (Å²) < 4.78 is 6.79. The molecule has 0 unspecified atom stereocenters. The topological polar surface area (TPSA) is 56.1 Å². The molecule has 1 aromatic rings. The number of aryl methyl sites for hydroxylation is 1. The second kappa shape index (κ2) is 7.43. The number of carbonyl (C=O) groups excluding carboxylic acids is 1. The largest absolute Gasteiger partial charge is 0.462 e. The van der Waals surface area contributed by atoms with E-state index in [1.165, 1.54) is 32.1 Å². The Morgan fingerprint density at radius 2 is 2.25 bits per heavy atom. The van der Waals surface area contributed by atoms with Gasteiger partial charge in [0.25, 0.3) is 0 Å². The maximum atomic E-state index is 11.8. The number of hydrogen-bond acceptors (Lipinski definition) is 4. The van der Waals surface area contributed by atoms with Crippen molar-refractivity contribution in [2.75, 3.05) is 13.2 Å². The van der Waals surface area contributed by atoms with Crippen LogP contribution in [0.4, 0.5) is 0 Å². The number of ether oxygens (including phenoxy) is 1. The summed E-state index contributed by atoms with van der Waals surface area (Å²) in [5, 5.41) is 7.58. The molecule has 0 radical (unpaired) electrons. The molecular weight excluding hydrogens is 254 g/mol. The minimum Gasteiger partial charge on any atom is -0.462 e. The third-order valence-electron chi connectivity index (χ3n) is 4.05. The quantitative estimate of drug-likeness (QED) is 0.614. The molecule has 0 spiro atoms. The molecule has 112 valence electrons. The molecule has 1 aliphatic rings. The Hall–Kier alpha value is -1.36. The van der Waals surface area contributed by atoms with E-state index in [0.29, 0.717) is 18.7 Å². The Labute approximate surface area is 120 Å². The summed E-state index contributed by atoms with van der Waals surface area (Å²) in [5.74, 6) is 0.603. The number of esters is 1. The maximum absolute atomic E-state index is 11.8. The van der Waals surface area contributed by atoms with Gasteiger partial charge in [0, 0.05) is 13.6 Å². The predicted molar refractivity (Wildman–Crippen MR) is 77.4 cm³/mol. The molecule has 5 nitrogen and oxygen atoms in total.